The van der Waals surface area contributed by atoms with E-state index in [0.717, 1.165) is 18.8 Å². The van der Waals surface area contributed by atoms with Crippen LogP contribution in [0.25, 0.3) is 10.9 Å². The van der Waals surface area contributed by atoms with Gasteiger partial charge in [0.25, 0.3) is 5.56 Å². The summed E-state index contributed by atoms with van der Waals surface area (Å²) in [6.07, 6.45) is 0.190. The molecule has 0 bridgehead atoms. The lowest BCUT2D eigenvalue weighted by molar-refractivity contribution is -0.131. The van der Waals surface area contributed by atoms with E-state index >= 15 is 0 Å². The number of fused-ring (bicyclic) bond motifs is 1. The number of amides is 1. The Kier molecular flexibility index (Phi) is 7.97. The van der Waals surface area contributed by atoms with Crippen LogP contribution in [0.1, 0.15) is 20.3 Å². The van der Waals surface area contributed by atoms with E-state index < -0.39 is 0 Å². The third-order valence-electron chi connectivity index (χ3n) is 6.00. The first-order valence-electron chi connectivity index (χ1n) is 11.8. The highest BCUT2D eigenvalue weighted by molar-refractivity contribution is 7.71. The van der Waals surface area contributed by atoms with Crippen molar-refractivity contribution in [2.45, 2.75) is 26.8 Å². The molecule has 10 heteroatoms. The molecule has 0 radical (unpaired) electrons. The largest absolute Gasteiger partial charge is 0.490 e. The number of hydrogen-bond donors (Lipinski definition) is 1. The smallest absolute Gasteiger partial charge is 0.262 e. The summed E-state index contributed by atoms with van der Waals surface area (Å²) < 4.78 is 13.0. The second-order valence-electron chi connectivity index (χ2n) is 8.20. The van der Waals surface area contributed by atoms with Gasteiger partial charge in [0.15, 0.2) is 16.3 Å². The monoisotopic (exact) mass is 516 g/mol. The van der Waals surface area contributed by atoms with E-state index in [2.05, 4.69) is 9.88 Å². The molecule has 1 aromatic heterocycles. The first-order chi connectivity index (χ1) is 16.9. The van der Waals surface area contributed by atoms with Crippen LogP contribution in [0.2, 0.25) is 5.02 Å². The molecular formula is C25H29ClN4O4S. The van der Waals surface area contributed by atoms with Crippen LogP contribution in [0.3, 0.4) is 0 Å². The molecule has 0 atom stereocenters. The topological polar surface area (TPSA) is 79.8 Å². The fraction of sp³-hybridized carbons (Fsp3) is 0.400. The van der Waals surface area contributed by atoms with Crippen molar-refractivity contribution in [3.63, 3.8) is 0 Å². The molecule has 1 saturated heterocycles. The number of nitrogens with one attached hydrogen (secondary N) is 1. The van der Waals surface area contributed by atoms with Gasteiger partial charge in [-0.1, -0.05) is 17.7 Å². The molecule has 0 spiro atoms. The predicted molar refractivity (Wildman–Crippen MR) is 141 cm³/mol. The summed E-state index contributed by atoms with van der Waals surface area (Å²) in [6, 6.07) is 11.1. The maximum absolute atomic E-state index is 13.2. The number of carbonyl (C=O) groups excluding carboxylic acids is 1. The highest BCUT2D eigenvalue weighted by Gasteiger charge is 2.22. The number of ether oxygens (including phenoxy) is 2. The van der Waals surface area contributed by atoms with Crippen LogP contribution in [0.4, 0.5) is 5.69 Å². The number of benzene rings is 2. The maximum atomic E-state index is 13.2. The zero-order valence-electron chi connectivity index (χ0n) is 19.9. The number of piperazine rings is 1. The van der Waals surface area contributed by atoms with Gasteiger partial charge in [-0.05, 0) is 50.3 Å². The van der Waals surface area contributed by atoms with Crippen molar-refractivity contribution in [1.82, 2.24) is 14.5 Å². The molecule has 186 valence electrons. The zero-order chi connectivity index (χ0) is 24.9. The lowest BCUT2D eigenvalue weighted by Gasteiger charge is -2.36. The molecule has 4 rings (SSSR count). The van der Waals surface area contributed by atoms with Crippen molar-refractivity contribution in [1.29, 1.82) is 0 Å². The zero-order valence-corrected chi connectivity index (χ0v) is 21.5. The second kappa shape index (κ2) is 11.1. The SMILES string of the molecule is CCOc1cc2[nH]c(=S)n(CCC(=O)N3CCN(c4cccc(Cl)c4)CC3)c(=O)c2cc1OCC. The molecule has 1 aliphatic rings. The fourth-order valence-corrected chi connectivity index (χ4v) is 4.72. The van der Waals surface area contributed by atoms with Crippen molar-refractivity contribution in [3.05, 3.63) is 56.5 Å². The van der Waals surface area contributed by atoms with Crippen LogP contribution in [0, 0.1) is 4.77 Å². The number of aromatic amines is 1. The van der Waals surface area contributed by atoms with Crippen LogP contribution in [-0.4, -0.2) is 59.8 Å². The van der Waals surface area contributed by atoms with E-state index in [1.54, 1.807) is 12.1 Å². The summed E-state index contributed by atoms with van der Waals surface area (Å²) in [6.45, 7) is 7.56. The Morgan fingerprint density at radius 2 is 1.74 bits per heavy atom. The van der Waals surface area contributed by atoms with Crippen molar-refractivity contribution in [3.8, 4) is 11.5 Å². The van der Waals surface area contributed by atoms with E-state index in [-0.39, 0.29) is 29.2 Å². The molecular weight excluding hydrogens is 488 g/mol. The summed E-state index contributed by atoms with van der Waals surface area (Å²) in [4.78, 5) is 33.3. The Morgan fingerprint density at radius 1 is 1.06 bits per heavy atom. The van der Waals surface area contributed by atoms with Gasteiger partial charge in [-0.2, -0.15) is 0 Å². The first kappa shape index (κ1) is 25.1. The highest BCUT2D eigenvalue weighted by Crippen LogP contribution is 2.31. The van der Waals surface area contributed by atoms with Gasteiger partial charge in [-0.25, -0.2) is 0 Å². The number of carbonyl (C=O) groups is 1. The number of aromatic nitrogens is 2. The van der Waals surface area contributed by atoms with Gasteiger partial charge >= 0.3 is 0 Å². The third kappa shape index (κ3) is 5.62. The molecule has 1 aliphatic heterocycles. The number of hydrogen-bond acceptors (Lipinski definition) is 6. The van der Waals surface area contributed by atoms with Gasteiger partial charge < -0.3 is 24.3 Å². The van der Waals surface area contributed by atoms with E-state index in [9.17, 15) is 9.59 Å². The van der Waals surface area contributed by atoms with Crippen LogP contribution in [-0.2, 0) is 11.3 Å². The molecule has 8 nitrogen and oxygen atoms in total. The Bertz CT molecular complexity index is 1330. The molecule has 1 amide bonds. The number of rotatable bonds is 8. The molecule has 2 heterocycles. The molecule has 35 heavy (non-hydrogen) atoms. The van der Waals surface area contributed by atoms with Crippen molar-refractivity contribution in [2.75, 3.05) is 44.3 Å². The summed E-state index contributed by atoms with van der Waals surface area (Å²) in [5.41, 5.74) is 1.37. The number of anilines is 1. The Morgan fingerprint density at radius 3 is 2.40 bits per heavy atom. The molecule has 1 fully saturated rings. The molecule has 0 unspecified atom stereocenters. The summed E-state index contributed by atoms with van der Waals surface area (Å²) in [5, 5.41) is 1.13. The van der Waals surface area contributed by atoms with E-state index in [0.29, 0.717) is 53.7 Å². The average Bonchev–Trinajstić information content (AvgIpc) is 2.85. The van der Waals surface area contributed by atoms with E-state index in [1.807, 2.05) is 43.0 Å². The number of nitrogens with zero attached hydrogens (tertiary/aromatic N) is 3. The lowest BCUT2D eigenvalue weighted by atomic mass is 10.2. The molecule has 2 aromatic carbocycles. The minimum Gasteiger partial charge on any atom is -0.490 e. The van der Waals surface area contributed by atoms with Crippen LogP contribution in [0.5, 0.6) is 11.5 Å². The standard InChI is InChI=1S/C25H29ClN4O4S/c1-3-33-21-15-19-20(16-22(21)34-4-2)27-25(35)30(24(19)32)9-8-23(31)29-12-10-28(11-13-29)18-7-5-6-17(26)14-18/h5-7,14-16H,3-4,8-13H2,1-2H3,(H,27,35). The van der Waals surface area contributed by atoms with Gasteiger partial charge in [-0.3, -0.25) is 14.2 Å². The van der Waals surface area contributed by atoms with Crippen LogP contribution >= 0.6 is 23.8 Å². The van der Waals surface area contributed by atoms with Gasteiger partial charge in [0.2, 0.25) is 5.91 Å². The lowest BCUT2D eigenvalue weighted by Crippen LogP contribution is -2.49. The highest BCUT2D eigenvalue weighted by atomic mass is 35.5. The van der Waals surface area contributed by atoms with Crippen molar-refractivity contribution in [2.24, 2.45) is 0 Å². The second-order valence-corrected chi connectivity index (χ2v) is 9.02. The van der Waals surface area contributed by atoms with Crippen molar-refractivity contribution < 1.29 is 14.3 Å². The summed E-state index contributed by atoms with van der Waals surface area (Å²) >= 11 is 11.5. The maximum Gasteiger partial charge on any atom is 0.262 e. The molecule has 3 aromatic rings. The summed E-state index contributed by atoms with van der Waals surface area (Å²) in [5.74, 6) is 1.06. The first-order valence-corrected chi connectivity index (χ1v) is 12.5. The summed E-state index contributed by atoms with van der Waals surface area (Å²) in [7, 11) is 0. The molecule has 0 saturated carbocycles. The van der Waals surface area contributed by atoms with E-state index in [4.69, 9.17) is 33.3 Å². The van der Waals surface area contributed by atoms with Gasteiger partial charge in [0.05, 0.1) is 24.1 Å². The Balaban J connectivity index is 1.46. The van der Waals surface area contributed by atoms with Crippen LogP contribution in [0.15, 0.2) is 41.2 Å². The fourth-order valence-electron chi connectivity index (χ4n) is 4.25. The van der Waals surface area contributed by atoms with Crippen molar-refractivity contribution >= 4 is 46.3 Å². The predicted octanol–water partition coefficient (Wildman–Crippen LogP) is 4.25. The normalized spacial score (nSPS) is 13.8. The average molecular weight is 517 g/mol. The quantitative estimate of drug-likeness (QED) is 0.451. The Hall–Kier alpha value is -3.04. The Labute approximate surface area is 214 Å². The minimum absolute atomic E-state index is 0.00107. The van der Waals surface area contributed by atoms with Crippen LogP contribution < -0.4 is 19.9 Å². The number of H-pyrrole nitrogens is 1. The molecule has 0 aliphatic carbocycles. The minimum atomic E-state index is -0.258. The van der Waals surface area contributed by atoms with E-state index in [1.165, 1.54) is 4.57 Å². The van der Waals surface area contributed by atoms with Gasteiger partial charge in [0.1, 0.15) is 0 Å². The third-order valence-corrected chi connectivity index (χ3v) is 6.56. The van der Waals surface area contributed by atoms with Gasteiger partial charge in [-0.15, -0.1) is 0 Å². The number of halogens is 1. The van der Waals surface area contributed by atoms with Gasteiger partial charge in [0, 0.05) is 55.9 Å². The molecule has 1 N–H and O–H groups in total.